The summed E-state index contributed by atoms with van der Waals surface area (Å²) in [4.78, 5) is 37.1. The molecule has 10 atom stereocenters. The quantitative estimate of drug-likeness (QED) is 0.147. The van der Waals surface area contributed by atoms with Crippen LogP contribution in [0.4, 0.5) is 0 Å². The maximum atomic E-state index is 14.0. The van der Waals surface area contributed by atoms with Crippen LogP contribution in [0.1, 0.15) is 20.8 Å². The topological polar surface area (TPSA) is 261 Å². The molecule has 2 aromatic carbocycles. The average molecular weight is 679 g/mol. The lowest BCUT2D eigenvalue weighted by Gasteiger charge is -2.41. The fourth-order valence-corrected chi connectivity index (χ4v) is 5.27. The molecule has 3 aromatic rings. The SMILES string of the molecule is CC(=O)OCC1O[C@@H](Oc2c(-c3ccc(O)cc3)oc3cc(O[C@@H]4OC(C)[C@H](O)C(O)[C@@H]4O)cc(O)c3c2=O)C(O)[C@@H](O)[C@@H]1OC(C)=O. The van der Waals surface area contributed by atoms with Crippen molar-refractivity contribution in [2.24, 2.45) is 0 Å². The monoisotopic (exact) mass is 678 g/mol. The Morgan fingerprint density at radius 1 is 0.812 bits per heavy atom. The zero-order chi connectivity index (χ0) is 35.0. The van der Waals surface area contributed by atoms with Crippen molar-refractivity contribution in [1.82, 2.24) is 0 Å². The van der Waals surface area contributed by atoms with Gasteiger partial charge in [-0.1, -0.05) is 0 Å². The number of hydrogen-bond acceptors (Lipinski definition) is 17. The molecule has 3 heterocycles. The molecule has 2 aliphatic rings. The van der Waals surface area contributed by atoms with Gasteiger partial charge in [-0.05, 0) is 31.2 Å². The number of phenols is 2. The molecule has 260 valence electrons. The van der Waals surface area contributed by atoms with E-state index >= 15 is 0 Å². The molecule has 2 saturated heterocycles. The van der Waals surface area contributed by atoms with Gasteiger partial charge in [0.05, 0.1) is 6.10 Å². The third-order valence-corrected chi connectivity index (χ3v) is 7.72. The lowest BCUT2D eigenvalue weighted by atomic mass is 9.99. The van der Waals surface area contributed by atoms with Gasteiger partial charge < -0.3 is 68.6 Å². The Morgan fingerprint density at radius 2 is 1.46 bits per heavy atom. The Kier molecular flexibility index (Phi) is 10.1. The first-order valence-electron chi connectivity index (χ1n) is 14.6. The third kappa shape index (κ3) is 7.02. The number of esters is 2. The Hall–Kier alpha value is -4.49. The number of aliphatic hydroxyl groups excluding tert-OH is 5. The van der Waals surface area contributed by atoms with Gasteiger partial charge in [-0.15, -0.1) is 0 Å². The van der Waals surface area contributed by atoms with Crippen molar-refractivity contribution < 1.29 is 78.2 Å². The summed E-state index contributed by atoms with van der Waals surface area (Å²) >= 11 is 0. The highest BCUT2D eigenvalue weighted by Crippen LogP contribution is 2.38. The Balaban J connectivity index is 1.56. The summed E-state index contributed by atoms with van der Waals surface area (Å²) in [5.41, 5.74) is -1.10. The van der Waals surface area contributed by atoms with E-state index in [9.17, 15) is 50.1 Å². The summed E-state index contributed by atoms with van der Waals surface area (Å²) in [6, 6.07) is 7.45. The van der Waals surface area contributed by atoms with E-state index in [1.807, 2.05) is 0 Å². The zero-order valence-corrected chi connectivity index (χ0v) is 25.7. The number of rotatable bonds is 8. The van der Waals surface area contributed by atoms with E-state index in [0.29, 0.717) is 0 Å². The number of aromatic hydroxyl groups is 2. The number of fused-ring (bicyclic) bond motifs is 1. The van der Waals surface area contributed by atoms with E-state index in [2.05, 4.69) is 0 Å². The minimum Gasteiger partial charge on any atom is -0.508 e. The second-order valence-electron chi connectivity index (χ2n) is 11.3. The highest BCUT2D eigenvalue weighted by atomic mass is 16.7. The molecule has 0 radical (unpaired) electrons. The van der Waals surface area contributed by atoms with Gasteiger partial charge in [0.25, 0.3) is 0 Å². The van der Waals surface area contributed by atoms with Crippen LogP contribution in [0.5, 0.6) is 23.0 Å². The van der Waals surface area contributed by atoms with Crippen LogP contribution >= 0.6 is 0 Å². The van der Waals surface area contributed by atoms with Gasteiger partial charge in [0.15, 0.2) is 11.9 Å². The molecular weight excluding hydrogens is 644 g/mol. The molecule has 0 amide bonds. The van der Waals surface area contributed by atoms with Crippen molar-refractivity contribution in [3.63, 3.8) is 0 Å². The van der Waals surface area contributed by atoms with Crippen molar-refractivity contribution in [1.29, 1.82) is 0 Å². The fraction of sp³-hybridized carbons (Fsp3) is 0.452. The Labute approximate surface area is 271 Å². The Morgan fingerprint density at radius 3 is 2.10 bits per heavy atom. The number of ether oxygens (including phenoxy) is 6. The van der Waals surface area contributed by atoms with Gasteiger partial charge in [-0.2, -0.15) is 0 Å². The number of aliphatic hydroxyl groups is 5. The number of phenolic OH excluding ortho intramolecular Hbond substituents is 2. The lowest BCUT2D eigenvalue weighted by Crippen LogP contribution is -2.61. The number of carbonyl (C=O) groups excluding carboxylic acids is 2. The third-order valence-electron chi connectivity index (χ3n) is 7.72. The summed E-state index contributed by atoms with van der Waals surface area (Å²) < 4.78 is 38.7. The van der Waals surface area contributed by atoms with E-state index in [-0.39, 0.29) is 28.4 Å². The Bertz CT molecular complexity index is 1700. The average Bonchev–Trinajstić information content (AvgIpc) is 3.02. The van der Waals surface area contributed by atoms with Gasteiger partial charge in [-0.3, -0.25) is 14.4 Å². The summed E-state index contributed by atoms with van der Waals surface area (Å²) in [6.45, 7) is 3.07. The van der Waals surface area contributed by atoms with E-state index < -0.39 is 102 Å². The molecule has 5 rings (SSSR count). The maximum absolute atomic E-state index is 14.0. The molecule has 7 N–H and O–H groups in total. The molecule has 4 unspecified atom stereocenters. The molecule has 0 aliphatic carbocycles. The predicted molar refractivity (Wildman–Crippen MR) is 158 cm³/mol. The second-order valence-corrected chi connectivity index (χ2v) is 11.3. The standard InChI is InChI=1S/C31H34O17/c1-11-21(36)23(38)25(40)30(43-11)45-16-8-17(35)20-18(9-16)46-27(14-4-6-15(34)7-5-14)29(22(20)37)48-31-26(41)24(39)28(44-13(3)33)19(47-31)10-42-12(2)32/h4-9,11,19,21,23-26,28,30-31,34-36,38-41H,10H2,1-3H3/t11?,19?,21-,23?,24+,25-,26?,28+,30-,31-/m0/s1. The summed E-state index contributed by atoms with van der Waals surface area (Å²) in [5.74, 6) is -3.48. The van der Waals surface area contributed by atoms with Crippen LogP contribution in [0.25, 0.3) is 22.3 Å². The van der Waals surface area contributed by atoms with E-state index in [1.165, 1.54) is 37.3 Å². The number of carbonyl (C=O) groups is 2. The molecule has 0 saturated carbocycles. The van der Waals surface area contributed by atoms with Crippen molar-refractivity contribution in [2.75, 3.05) is 6.61 Å². The summed E-state index contributed by atoms with van der Waals surface area (Å²) in [6.07, 6.45) is -15.6. The predicted octanol–water partition coefficient (Wildman–Crippen LogP) is -0.602. The van der Waals surface area contributed by atoms with Gasteiger partial charge >= 0.3 is 11.9 Å². The van der Waals surface area contributed by atoms with E-state index in [4.69, 9.17) is 32.8 Å². The van der Waals surface area contributed by atoms with Gasteiger partial charge in [-0.25, -0.2) is 0 Å². The minimum atomic E-state index is -1.94. The van der Waals surface area contributed by atoms with Crippen molar-refractivity contribution in [2.45, 2.75) is 82.2 Å². The fourth-order valence-electron chi connectivity index (χ4n) is 5.27. The van der Waals surface area contributed by atoms with Crippen LogP contribution in [-0.2, 0) is 28.5 Å². The zero-order valence-electron chi connectivity index (χ0n) is 25.7. The number of hydrogen-bond donors (Lipinski definition) is 7. The molecular formula is C31H34O17. The second kappa shape index (κ2) is 13.9. The molecule has 2 fully saturated rings. The maximum Gasteiger partial charge on any atom is 0.303 e. The molecule has 0 spiro atoms. The van der Waals surface area contributed by atoms with Crippen LogP contribution in [0.15, 0.2) is 45.6 Å². The molecule has 0 bridgehead atoms. The summed E-state index contributed by atoms with van der Waals surface area (Å²) in [5, 5.41) is 72.6. The molecule has 1 aromatic heterocycles. The summed E-state index contributed by atoms with van der Waals surface area (Å²) in [7, 11) is 0. The minimum absolute atomic E-state index is 0.135. The first kappa shape index (κ1) is 34.8. The van der Waals surface area contributed by atoms with Crippen LogP contribution < -0.4 is 14.9 Å². The van der Waals surface area contributed by atoms with E-state index in [1.54, 1.807) is 0 Å². The van der Waals surface area contributed by atoms with Crippen LogP contribution in [0.3, 0.4) is 0 Å². The van der Waals surface area contributed by atoms with Gasteiger partial charge in [0.2, 0.25) is 23.8 Å². The van der Waals surface area contributed by atoms with Crippen LogP contribution in [-0.4, -0.2) is 116 Å². The highest BCUT2D eigenvalue weighted by molar-refractivity contribution is 5.88. The first-order chi connectivity index (χ1) is 22.7. The van der Waals surface area contributed by atoms with Crippen molar-refractivity contribution >= 4 is 22.9 Å². The van der Waals surface area contributed by atoms with Crippen LogP contribution in [0.2, 0.25) is 0 Å². The van der Waals surface area contributed by atoms with E-state index in [0.717, 1.165) is 19.9 Å². The largest absolute Gasteiger partial charge is 0.508 e. The molecule has 2 aliphatic heterocycles. The highest BCUT2D eigenvalue weighted by Gasteiger charge is 2.49. The van der Waals surface area contributed by atoms with Gasteiger partial charge in [0.1, 0.15) is 71.4 Å². The van der Waals surface area contributed by atoms with Crippen molar-refractivity contribution in [3.8, 4) is 34.3 Å². The van der Waals surface area contributed by atoms with Crippen molar-refractivity contribution in [3.05, 3.63) is 46.6 Å². The number of benzene rings is 2. The molecule has 48 heavy (non-hydrogen) atoms. The first-order valence-corrected chi connectivity index (χ1v) is 14.6. The smallest absolute Gasteiger partial charge is 0.303 e. The molecule has 17 nitrogen and oxygen atoms in total. The normalized spacial score (nSPS) is 30.4. The van der Waals surface area contributed by atoms with Crippen LogP contribution in [0, 0.1) is 0 Å². The lowest BCUT2D eigenvalue weighted by molar-refractivity contribution is -0.282. The molecule has 17 heteroatoms. The van der Waals surface area contributed by atoms with Gasteiger partial charge in [0, 0.05) is 31.5 Å².